The molecule has 0 spiro atoms. The van der Waals surface area contributed by atoms with Crippen molar-refractivity contribution in [3.63, 3.8) is 0 Å². The van der Waals surface area contributed by atoms with Gasteiger partial charge in [-0.25, -0.2) is 0 Å². The summed E-state index contributed by atoms with van der Waals surface area (Å²) in [4.78, 5) is 0. The van der Waals surface area contributed by atoms with Gasteiger partial charge in [0, 0.05) is 7.11 Å². The third-order valence-electron chi connectivity index (χ3n) is 5.38. The zero-order valence-corrected chi connectivity index (χ0v) is 20.9. The molecule has 1 heterocycles. The minimum Gasteiger partial charge on any atom is -0.475 e. The number of epoxide rings is 1. The SMILES string of the molecule is CCCCCCCCCCCCCC[C@H](OCOC)[C@H]1O[C@@H]1COC(=N)C(Cl)(Cl)Cl. The molecule has 0 unspecified atom stereocenters. The molecule has 30 heavy (non-hydrogen) atoms. The first-order valence-electron chi connectivity index (χ1n) is 11.4. The van der Waals surface area contributed by atoms with Crippen LogP contribution in [0.1, 0.15) is 90.4 Å². The molecular formula is C22H40Cl3NO4. The van der Waals surface area contributed by atoms with Crippen LogP contribution in [0.5, 0.6) is 0 Å². The fourth-order valence-electron chi connectivity index (χ4n) is 3.55. The molecule has 0 aromatic carbocycles. The Morgan fingerprint density at radius 3 is 1.97 bits per heavy atom. The van der Waals surface area contributed by atoms with Crippen molar-refractivity contribution in [3.8, 4) is 0 Å². The molecule has 0 aliphatic carbocycles. The van der Waals surface area contributed by atoms with E-state index in [2.05, 4.69) is 6.92 Å². The normalized spacial score (nSPS) is 19.6. The first-order chi connectivity index (χ1) is 14.4. The van der Waals surface area contributed by atoms with Crippen LogP contribution in [0, 0.1) is 5.41 Å². The lowest BCUT2D eigenvalue weighted by molar-refractivity contribution is -0.0825. The van der Waals surface area contributed by atoms with Crippen molar-refractivity contribution in [2.75, 3.05) is 20.5 Å². The van der Waals surface area contributed by atoms with Crippen molar-refractivity contribution < 1.29 is 18.9 Å². The number of ether oxygens (including phenoxy) is 4. The highest BCUT2D eigenvalue weighted by atomic mass is 35.6. The Hall–Kier alpha value is 0.220. The quantitative estimate of drug-likeness (QED) is 0.0521. The molecule has 8 heteroatoms. The minimum atomic E-state index is -1.84. The average Bonchev–Trinajstić information content (AvgIpc) is 3.48. The predicted molar refractivity (Wildman–Crippen MR) is 125 cm³/mol. The van der Waals surface area contributed by atoms with E-state index < -0.39 is 9.69 Å². The number of alkyl halides is 3. The molecule has 3 atom stereocenters. The molecule has 0 bridgehead atoms. The Morgan fingerprint density at radius 1 is 0.933 bits per heavy atom. The monoisotopic (exact) mass is 487 g/mol. The van der Waals surface area contributed by atoms with Gasteiger partial charge in [0.1, 0.15) is 25.6 Å². The van der Waals surface area contributed by atoms with E-state index in [0.717, 1.165) is 12.8 Å². The average molecular weight is 489 g/mol. The van der Waals surface area contributed by atoms with E-state index in [1.807, 2.05) is 0 Å². The van der Waals surface area contributed by atoms with E-state index in [1.54, 1.807) is 7.11 Å². The van der Waals surface area contributed by atoms with E-state index in [1.165, 1.54) is 70.6 Å². The van der Waals surface area contributed by atoms with Crippen LogP contribution < -0.4 is 0 Å². The highest BCUT2D eigenvalue weighted by Gasteiger charge is 2.46. The second kappa shape index (κ2) is 16.8. The van der Waals surface area contributed by atoms with Gasteiger partial charge in [0.05, 0.1) is 6.10 Å². The molecule has 5 nitrogen and oxygen atoms in total. The molecule has 1 N–H and O–H groups in total. The summed E-state index contributed by atoms with van der Waals surface area (Å²) < 4.78 is 19.9. The number of halogens is 3. The zero-order chi connectivity index (χ0) is 22.2. The second-order valence-corrected chi connectivity index (χ2v) is 10.3. The third kappa shape index (κ3) is 13.6. The number of hydrogen-bond donors (Lipinski definition) is 1. The Balaban J connectivity index is 2.08. The highest BCUT2D eigenvalue weighted by Crippen LogP contribution is 2.32. The lowest BCUT2D eigenvalue weighted by Gasteiger charge is -2.16. The summed E-state index contributed by atoms with van der Waals surface area (Å²) in [5.74, 6) is -0.392. The fraction of sp³-hybridized carbons (Fsp3) is 0.955. The largest absolute Gasteiger partial charge is 0.475 e. The molecule has 0 aromatic heterocycles. The van der Waals surface area contributed by atoms with Gasteiger partial charge in [-0.2, -0.15) is 0 Å². The smallest absolute Gasteiger partial charge is 0.265 e. The van der Waals surface area contributed by atoms with Gasteiger partial charge in [-0.15, -0.1) is 0 Å². The first kappa shape index (κ1) is 28.3. The molecule has 0 amide bonds. The van der Waals surface area contributed by atoms with Crippen LogP contribution in [0.25, 0.3) is 0 Å². The standard InChI is InChI=1S/C22H40Cl3NO4/c1-3-4-5-6-7-8-9-10-11-12-13-14-15-18(29-17-27-2)20-19(30-20)16-28-21(26)22(23,24)25/h18-20,26H,3-17H2,1-2H3/t18-,19+,20+/m0/s1. The summed E-state index contributed by atoms with van der Waals surface area (Å²) >= 11 is 16.9. The molecular weight excluding hydrogens is 449 g/mol. The Labute approximate surface area is 197 Å². The highest BCUT2D eigenvalue weighted by molar-refractivity contribution is 6.76. The van der Waals surface area contributed by atoms with Crippen LogP contribution in [0.3, 0.4) is 0 Å². The topological polar surface area (TPSA) is 64.1 Å². The summed E-state index contributed by atoms with van der Waals surface area (Å²) in [6, 6.07) is 0. The summed E-state index contributed by atoms with van der Waals surface area (Å²) in [5.41, 5.74) is 0. The van der Waals surface area contributed by atoms with Gasteiger partial charge in [-0.05, 0) is 6.42 Å². The van der Waals surface area contributed by atoms with Crippen LogP contribution in [0.4, 0.5) is 0 Å². The van der Waals surface area contributed by atoms with E-state index in [0.29, 0.717) is 0 Å². The van der Waals surface area contributed by atoms with E-state index in [9.17, 15) is 0 Å². The Bertz CT molecular complexity index is 449. The maximum atomic E-state index is 7.58. The number of methoxy groups -OCH3 is 1. The number of hydrogen-bond acceptors (Lipinski definition) is 5. The van der Waals surface area contributed by atoms with Gasteiger partial charge in [-0.3, -0.25) is 5.41 Å². The molecule has 178 valence electrons. The van der Waals surface area contributed by atoms with E-state index in [-0.39, 0.29) is 31.7 Å². The van der Waals surface area contributed by atoms with Gasteiger partial charge >= 0.3 is 0 Å². The lowest BCUT2D eigenvalue weighted by atomic mass is 10.0. The van der Waals surface area contributed by atoms with Crippen LogP contribution in [0.15, 0.2) is 0 Å². The fourth-order valence-corrected chi connectivity index (χ4v) is 3.71. The summed E-state index contributed by atoms with van der Waals surface area (Å²) in [7, 11) is 1.61. The van der Waals surface area contributed by atoms with Crippen LogP contribution >= 0.6 is 34.8 Å². The van der Waals surface area contributed by atoms with Crippen molar-refractivity contribution in [1.82, 2.24) is 0 Å². The number of unbranched alkanes of at least 4 members (excludes halogenated alkanes) is 11. The Morgan fingerprint density at radius 2 is 1.47 bits per heavy atom. The van der Waals surface area contributed by atoms with Crippen LogP contribution in [-0.4, -0.2) is 48.5 Å². The second-order valence-electron chi connectivity index (χ2n) is 8.07. The van der Waals surface area contributed by atoms with Gasteiger partial charge in [0.15, 0.2) is 0 Å². The van der Waals surface area contributed by atoms with Gasteiger partial charge in [-0.1, -0.05) is 119 Å². The molecule has 1 rings (SSSR count). The van der Waals surface area contributed by atoms with Gasteiger partial charge in [0.2, 0.25) is 5.90 Å². The molecule has 0 radical (unpaired) electrons. The number of rotatable bonds is 19. The zero-order valence-electron chi connectivity index (χ0n) is 18.6. The molecule has 1 fully saturated rings. The maximum Gasteiger partial charge on any atom is 0.265 e. The van der Waals surface area contributed by atoms with Crippen LogP contribution in [-0.2, 0) is 18.9 Å². The molecule has 0 saturated carbocycles. The van der Waals surface area contributed by atoms with Crippen molar-refractivity contribution in [2.24, 2.45) is 0 Å². The summed E-state index contributed by atoms with van der Waals surface area (Å²) in [5, 5.41) is 7.58. The predicted octanol–water partition coefficient (Wildman–Crippen LogP) is 7.20. The van der Waals surface area contributed by atoms with Gasteiger partial charge < -0.3 is 18.9 Å². The van der Waals surface area contributed by atoms with Gasteiger partial charge in [0.25, 0.3) is 3.79 Å². The molecule has 0 aromatic rings. The minimum absolute atomic E-state index is 0.0383. The molecule has 1 aliphatic rings. The van der Waals surface area contributed by atoms with Crippen molar-refractivity contribution >= 4 is 40.7 Å². The van der Waals surface area contributed by atoms with Crippen molar-refractivity contribution in [1.29, 1.82) is 5.41 Å². The number of nitrogens with one attached hydrogen (secondary N) is 1. The lowest BCUT2D eigenvalue weighted by Crippen LogP contribution is -2.27. The first-order valence-corrected chi connectivity index (χ1v) is 12.6. The maximum absolute atomic E-state index is 7.58. The van der Waals surface area contributed by atoms with Crippen LogP contribution in [0.2, 0.25) is 0 Å². The summed E-state index contributed by atoms with van der Waals surface area (Å²) in [6.07, 6.45) is 16.6. The third-order valence-corrected chi connectivity index (χ3v) is 5.89. The van der Waals surface area contributed by atoms with Crippen molar-refractivity contribution in [2.45, 2.75) is 112 Å². The Kier molecular flexibility index (Phi) is 15.8. The summed E-state index contributed by atoms with van der Waals surface area (Å²) in [6.45, 7) is 2.68. The van der Waals surface area contributed by atoms with E-state index >= 15 is 0 Å². The van der Waals surface area contributed by atoms with Crippen molar-refractivity contribution in [3.05, 3.63) is 0 Å². The molecule has 1 aliphatic heterocycles. The van der Waals surface area contributed by atoms with E-state index in [4.69, 9.17) is 59.2 Å². The molecule has 1 saturated heterocycles.